The van der Waals surface area contributed by atoms with Crippen LogP contribution in [0.3, 0.4) is 0 Å². The molecule has 0 spiro atoms. The smallest absolute Gasteiger partial charge is 0.251 e. The number of furan rings is 1. The summed E-state index contributed by atoms with van der Waals surface area (Å²) in [5.74, 6) is 0.975. The van der Waals surface area contributed by atoms with Gasteiger partial charge in [0, 0.05) is 18.1 Å². The van der Waals surface area contributed by atoms with Crippen LogP contribution in [0.1, 0.15) is 28.1 Å². The molecule has 3 aromatic rings. The molecule has 0 saturated heterocycles. The van der Waals surface area contributed by atoms with E-state index in [0.717, 1.165) is 0 Å². The predicted molar refractivity (Wildman–Crippen MR) is 80.5 cm³/mol. The Labute approximate surface area is 131 Å². The first-order chi connectivity index (χ1) is 11.1. The van der Waals surface area contributed by atoms with Crippen LogP contribution in [0.15, 0.2) is 51.6 Å². The Morgan fingerprint density at radius 3 is 2.91 bits per heavy atom. The summed E-state index contributed by atoms with van der Waals surface area (Å²) in [6.07, 6.45) is 0.577. The summed E-state index contributed by atoms with van der Waals surface area (Å²) in [5, 5.41) is 16.4. The molecule has 3 rings (SSSR count). The van der Waals surface area contributed by atoms with Crippen molar-refractivity contribution in [2.45, 2.75) is 13.0 Å². The fraction of sp³-hybridized carbons (Fsp3) is 0.188. The number of benzene rings is 1. The Balaban J connectivity index is 1.68. The molecule has 0 aliphatic carbocycles. The van der Waals surface area contributed by atoms with Crippen LogP contribution in [0.5, 0.6) is 0 Å². The van der Waals surface area contributed by atoms with E-state index in [1.165, 1.54) is 6.26 Å². The van der Waals surface area contributed by atoms with Gasteiger partial charge in [0.25, 0.3) is 5.91 Å². The monoisotopic (exact) mass is 313 g/mol. The molecule has 0 aliphatic heterocycles. The van der Waals surface area contributed by atoms with E-state index in [-0.39, 0.29) is 12.5 Å². The maximum atomic E-state index is 12.2. The first kappa shape index (κ1) is 15.0. The van der Waals surface area contributed by atoms with Gasteiger partial charge in [-0.3, -0.25) is 4.79 Å². The van der Waals surface area contributed by atoms with Crippen molar-refractivity contribution in [1.29, 1.82) is 0 Å². The van der Waals surface area contributed by atoms with Crippen LogP contribution in [0.4, 0.5) is 0 Å². The minimum absolute atomic E-state index is 0.0535. The van der Waals surface area contributed by atoms with Gasteiger partial charge in [0.05, 0.1) is 12.8 Å². The van der Waals surface area contributed by atoms with E-state index < -0.39 is 6.10 Å². The molecule has 0 radical (unpaired) electrons. The Hall–Kier alpha value is -2.93. The van der Waals surface area contributed by atoms with Gasteiger partial charge < -0.3 is 19.4 Å². The lowest BCUT2D eigenvalue weighted by atomic mass is 10.1. The SMILES string of the molecule is Cc1nc(-c2cccc(C(=O)NC[C@@H](O)c3ccco3)c2)no1. The second kappa shape index (κ2) is 6.45. The van der Waals surface area contributed by atoms with E-state index in [4.69, 9.17) is 8.94 Å². The maximum absolute atomic E-state index is 12.2. The van der Waals surface area contributed by atoms with Crippen molar-refractivity contribution < 1.29 is 18.8 Å². The zero-order chi connectivity index (χ0) is 16.2. The van der Waals surface area contributed by atoms with Crippen LogP contribution in [-0.2, 0) is 0 Å². The van der Waals surface area contributed by atoms with Crippen LogP contribution < -0.4 is 5.32 Å². The topological polar surface area (TPSA) is 101 Å². The third kappa shape index (κ3) is 3.46. The minimum Gasteiger partial charge on any atom is -0.467 e. The third-order valence-electron chi connectivity index (χ3n) is 3.24. The number of aliphatic hydroxyl groups is 1. The molecular weight excluding hydrogens is 298 g/mol. The number of hydrogen-bond acceptors (Lipinski definition) is 6. The van der Waals surface area contributed by atoms with Crippen molar-refractivity contribution in [1.82, 2.24) is 15.5 Å². The van der Waals surface area contributed by atoms with Gasteiger partial charge in [0.15, 0.2) is 0 Å². The number of aliphatic hydroxyl groups excluding tert-OH is 1. The van der Waals surface area contributed by atoms with E-state index in [1.54, 1.807) is 43.3 Å². The quantitative estimate of drug-likeness (QED) is 0.748. The number of aromatic nitrogens is 2. The zero-order valence-electron chi connectivity index (χ0n) is 12.4. The summed E-state index contributed by atoms with van der Waals surface area (Å²) in [6.45, 7) is 1.75. The molecule has 2 aromatic heterocycles. The largest absolute Gasteiger partial charge is 0.467 e. The second-order valence-electron chi connectivity index (χ2n) is 4.96. The van der Waals surface area contributed by atoms with Crippen molar-refractivity contribution in [3.63, 3.8) is 0 Å². The molecule has 7 nitrogen and oxygen atoms in total. The van der Waals surface area contributed by atoms with Crippen LogP contribution in [0.2, 0.25) is 0 Å². The van der Waals surface area contributed by atoms with Crippen molar-refractivity contribution >= 4 is 5.91 Å². The third-order valence-corrected chi connectivity index (χ3v) is 3.24. The number of aryl methyl sites for hydroxylation is 1. The van der Waals surface area contributed by atoms with E-state index in [0.29, 0.717) is 28.6 Å². The average Bonchev–Trinajstić information content (AvgIpc) is 3.24. The number of carbonyl (C=O) groups excluding carboxylic acids is 1. The Morgan fingerprint density at radius 2 is 2.22 bits per heavy atom. The molecule has 118 valence electrons. The molecule has 0 aliphatic rings. The molecular formula is C16H15N3O4. The Kier molecular flexibility index (Phi) is 4.20. The lowest BCUT2D eigenvalue weighted by Gasteiger charge is -2.10. The summed E-state index contributed by atoms with van der Waals surface area (Å²) in [6, 6.07) is 10.2. The van der Waals surface area contributed by atoms with Crippen molar-refractivity contribution in [2.24, 2.45) is 0 Å². The summed E-state index contributed by atoms with van der Waals surface area (Å²) in [4.78, 5) is 16.3. The highest BCUT2D eigenvalue weighted by molar-refractivity contribution is 5.95. The predicted octanol–water partition coefficient (Wildman–Crippen LogP) is 2.10. The molecule has 0 bridgehead atoms. The lowest BCUT2D eigenvalue weighted by Crippen LogP contribution is -2.28. The van der Waals surface area contributed by atoms with Gasteiger partial charge in [0.2, 0.25) is 11.7 Å². The van der Waals surface area contributed by atoms with Gasteiger partial charge in [-0.05, 0) is 24.3 Å². The first-order valence-electron chi connectivity index (χ1n) is 7.04. The van der Waals surface area contributed by atoms with Gasteiger partial charge in [-0.15, -0.1) is 0 Å². The molecule has 7 heteroatoms. The number of hydrogen-bond donors (Lipinski definition) is 2. The second-order valence-corrected chi connectivity index (χ2v) is 4.96. The maximum Gasteiger partial charge on any atom is 0.251 e. The number of rotatable bonds is 5. The molecule has 0 fully saturated rings. The van der Waals surface area contributed by atoms with Crippen molar-refractivity contribution in [3.05, 3.63) is 59.9 Å². The minimum atomic E-state index is -0.892. The molecule has 23 heavy (non-hydrogen) atoms. The standard InChI is InChI=1S/C16H15N3O4/c1-10-18-15(19-23-10)11-4-2-5-12(8-11)16(21)17-9-13(20)14-6-3-7-22-14/h2-8,13,20H,9H2,1H3,(H,17,21)/t13-/m1/s1. The van der Waals surface area contributed by atoms with E-state index in [1.807, 2.05) is 0 Å². The molecule has 0 unspecified atom stereocenters. The van der Waals surface area contributed by atoms with Crippen LogP contribution >= 0.6 is 0 Å². The summed E-state index contributed by atoms with van der Waals surface area (Å²) in [7, 11) is 0. The summed E-state index contributed by atoms with van der Waals surface area (Å²) in [5.41, 5.74) is 1.12. The number of amides is 1. The summed E-state index contributed by atoms with van der Waals surface area (Å²) < 4.78 is 10.0. The number of nitrogens with one attached hydrogen (secondary N) is 1. The molecule has 2 N–H and O–H groups in total. The Bertz CT molecular complexity index is 795. The molecule has 2 heterocycles. The number of nitrogens with zero attached hydrogens (tertiary/aromatic N) is 2. The average molecular weight is 313 g/mol. The molecule has 1 aromatic carbocycles. The van der Waals surface area contributed by atoms with E-state index >= 15 is 0 Å². The van der Waals surface area contributed by atoms with Crippen molar-refractivity contribution in [2.75, 3.05) is 6.54 Å². The Morgan fingerprint density at radius 1 is 1.35 bits per heavy atom. The number of carbonyl (C=O) groups is 1. The van der Waals surface area contributed by atoms with Gasteiger partial charge in [0.1, 0.15) is 11.9 Å². The fourth-order valence-electron chi connectivity index (χ4n) is 2.09. The molecule has 0 saturated carbocycles. The highest BCUT2D eigenvalue weighted by Gasteiger charge is 2.14. The van der Waals surface area contributed by atoms with Crippen LogP contribution in [-0.4, -0.2) is 27.7 Å². The van der Waals surface area contributed by atoms with Crippen LogP contribution in [0.25, 0.3) is 11.4 Å². The highest BCUT2D eigenvalue weighted by Crippen LogP contribution is 2.17. The summed E-state index contributed by atoms with van der Waals surface area (Å²) >= 11 is 0. The normalized spacial score (nSPS) is 12.1. The molecule has 1 atom stereocenters. The van der Waals surface area contributed by atoms with E-state index in [2.05, 4.69) is 15.5 Å². The molecule has 1 amide bonds. The van der Waals surface area contributed by atoms with Gasteiger partial charge in [-0.2, -0.15) is 4.98 Å². The van der Waals surface area contributed by atoms with Gasteiger partial charge >= 0.3 is 0 Å². The first-order valence-corrected chi connectivity index (χ1v) is 7.04. The fourth-order valence-corrected chi connectivity index (χ4v) is 2.09. The van der Waals surface area contributed by atoms with Gasteiger partial charge in [-0.25, -0.2) is 0 Å². The van der Waals surface area contributed by atoms with Crippen molar-refractivity contribution in [3.8, 4) is 11.4 Å². The van der Waals surface area contributed by atoms with E-state index in [9.17, 15) is 9.90 Å². The highest BCUT2D eigenvalue weighted by atomic mass is 16.5. The van der Waals surface area contributed by atoms with Gasteiger partial charge in [-0.1, -0.05) is 17.3 Å². The zero-order valence-corrected chi connectivity index (χ0v) is 12.4. The lowest BCUT2D eigenvalue weighted by molar-refractivity contribution is 0.0901. The van der Waals surface area contributed by atoms with Crippen LogP contribution in [0, 0.1) is 6.92 Å².